The summed E-state index contributed by atoms with van der Waals surface area (Å²) >= 11 is 0. The number of hydrogen-bond donors (Lipinski definition) is 2. The van der Waals surface area contributed by atoms with E-state index in [9.17, 15) is 9.59 Å². The number of ether oxygens (including phenoxy) is 1. The van der Waals surface area contributed by atoms with Crippen molar-refractivity contribution in [3.63, 3.8) is 0 Å². The highest BCUT2D eigenvalue weighted by atomic mass is 32.3. The number of nitrogens with one attached hydrogen (secondary N) is 2. The molecule has 2 heterocycles. The van der Waals surface area contributed by atoms with E-state index in [1.165, 1.54) is 0 Å². The number of amides is 2. The average molecular weight is 487 g/mol. The minimum absolute atomic E-state index is 0.0616. The third-order valence-corrected chi connectivity index (χ3v) is 10.5. The molecule has 4 rings (SSSR count). The highest BCUT2D eigenvalue weighted by Crippen LogP contribution is 2.60. The largest absolute Gasteiger partial charge is 0.364 e. The van der Waals surface area contributed by atoms with E-state index >= 15 is 0 Å². The molecule has 2 aromatic rings. The van der Waals surface area contributed by atoms with Crippen molar-refractivity contribution in [1.29, 1.82) is 0 Å². The molecule has 0 bridgehead atoms. The lowest BCUT2D eigenvalue weighted by molar-refractivity contribution is -0.150. The van der Waals surface area contributed by atoms with E-state index in [0.717, 1.165) is 42.5 Å². The van der Waals surface area contributed by atoms with Gasteiger partial charge in [0.15, 0.2) is 11.9 Å². The summed E-state index contributed by atoms with van der Waals surface area (Å²) in [6.07, 6.45) is 9.74. The van der Waals surface area contributed by atoms with Crippen molar-refractivity contribution in [3.05, 3.63) is 47.2 Å². The maximum atomic E-state index is 13.8. The molecule has 1 aromatic heterocycles. The highest BCUT2D eigenvalue weighted by molar-refractivity contribution is 8.33. The van der Waals surface area contributed by atoms with Gasteiger partial charge in [-0.15, -0.1) is 0 Å². The van der Waals surface area contributed by atoms with Gasteiger partial charge in [-0.3, -0.25) is 14.7 Å². The van der Waals surface area contributed by atoms with Crippen LogP contribution < -0.4 is 5.32 Å². The van der Waals surface area contributed by atoms with E-state index < -0.39 is 21.7 Å². The molecule has 2 N–H and O–H groups in total. The molecule has 2 amide bonds. The van der Waals surface area contributed by atoms with E-state index in [1.807, 2.05) is 56.0 Å². The summed E-state index contributed by atoms with van der Waals surface area (Å²) in [5.74, 6) is 0.525. The van der Waals surface area contributed by atoms with Gasteiger partial charge in [-0.1, -0.05) is 37.3 Å². The summed E-state index contributed by atoms with van der Waals surface area (Å²) in [5, 5.41) is 10.7. The van der Waals surface area contributed by atoms with Crippen LogP contribution in [-0.4, -0.2) is 57.0 Å². The van der Waals surface area contributed by atoms with Crippen LogP contribution in [0.15, 0.2) is 30.3 Å². The van der Waals surface area contributed by atoms with E-state index in [-0.39, 0.29) is 16.6 Å². The van der Waals surface area contributed by atoms with Crippen LogP contribution in [0.4, 0.5) is 5.82 Å². The predicted octanol–water partition coefficient (Wildman–Crippen LogP) is 4.71. The molecule has 1 saturated carbocycles. The second kappa shape index (κ2) is 9.04. The number of carbonyl (C=O) groups is 2. The second-order valence-electron chi connectivity index (χ2n) is 10.7. The Balaban J connectivity index is 1.59. The first kappa shape index (κ1) is 24.8. The number of nitrogens with zero attached hydrogens (tertiary/aromatic N) is 2. The van der Waals surface area contributed by atoms with Crippen LogP contribution in [0.3, 0.4) is 0 Å². The normalized spacial score (nSPS) is 19.8. The molecule has 0 spiro atoms. The third-order valence-electron chi connectivity index (χ3n) is 7.53. The van der Waals surface area contributed by atoms with Crippen LogP contribution >= 0.6 is 10.0 Å². The zero-order valence-corrected chi connectivity index (χ0v) is 22.1. The minimum atomic E-state index is -1.07. The molecule has 1 atom stereocenters. The van der Waals surface area contributed by atoms with Crippen molar-refractivity contribution in [3.8, 4) is 0 Å². The lowest BCUT2D eigenvalue weighted by Crippen LogP contribution is -2.51. The molecule has 186 valence electrons. The second-order valence-corrected chi connectivity index (χ2v) is 15.2. The van der Waals surface area contributed by atoms with Crippen LogP contribution in [-0.2, 0) is 26.4 Å². The topological polar surface area (TPSA) is 87.3 Å². The van der Waals surface area contributed by atoms with Gasteiger partial charge in [0.25, 0.3) is 5.91 Å². The van der Waals surface area contributed by atoms with Gasteiger partial charge in [-0.2, -0.15) is 5.10 Å². The van der Waals surface area contributed by atoms with Gasteiger partial charge in [0.05, 0.1) is 22.5 Å². The van der Waals surface area contributed by atoms with E-state index in [1.54, 1.807) is 0 Å². The SMILES string of the molecule is CCCOC(C(=O)N1Cc2c(NC(=O)C3(S(C)(C)C)CCC3)n[nH]c2C1(C)C)c1ccccc1. The third kappa shape index (κ3) is 4.05. The molecule has 1 unspecified atom stereocenters. The van der Waals surface area contributed by atoms with Crippen molar-refractivity contribution in [2.45, 2.75) is 69.4 Å². The van der Waals surface area contributed by atoms with Crippen LogP contribution in [0.2, 0.25) is 0 Å². The first-order valence-electron chi connectivity index (χ1n) is 12.1. The van der Waals surface area contributed by atoms with Crippen LogP contribution in [0.25, 0.3) is 0 Å². The molecule has 0 saturated heterocycles. The Hall–Kier alpha value is -2.32. The maximum Gasteiger partial charge on any atom is 0.257 e. The molecule has 2 aliphatic rings. The first-order valence-corrected chi connectivity index (χ1v) is 14.9. The summed E-state index contributed by atoms with van der Waals surface area (Å²) in [6.45, 7) is 6.93. The van der Waals surface area contributed by atoms with Crippen LogP contribution in [0.5, 0.6) is 0 Å². The van der Waals surface area contributed by atoms with E-state index in [2.05, 4.69) is 34.3 Å². The molecule has 1 aliphatic carbocycles. The fourth-order valence-electron chi connectivity index (χ4n) is 5.12. The molecular formula is C26H38N4O3S. The lowest BCUT2D eigenvalue weighted by Gasteiger charge is -2.53. The van der Waals surface area contributed by atoms with E-state index in [4.69, 9.17) is 4.74 Å². The summed E-state index contributed by atoms with van der Waals surface area (Å²) in [4.78, 5) is 29.0. The maximum absolute atomic E-state index is 13.8. The standard InChI is InChI=1S/C26H38N4O3S/c1-7-16-33-20(18-12-9-8-10-13-18)23(31)30-17-19-21(25(30,2)3)28-29-22(19)27-24(32)26(14-11-15-26)34(4,5)6/h8-10,12-13,20H,7,11,14-17H2,1-6H3,(H2,27,28,29,32). The Bertz CT molecular complexity index is 1050. The van der Waals surface area contributed by atoms with Crippen molar-refractivity contribution < 1.29 is 14.3 Å². The van der Waals surface area contributed by atoms with Gasteiger partial charge < -0.3 is 15.0 Å². The molecule has 1 aromatic carbocycles. The number of carbonyl (C=O) groups excluding carboxylic acids is 2. The van der Waals surface area contributed by atoms with E-state index in [0.29, 0.717) is 19.0 Å². The number of hydrogen-bond acceptors (Lipinski definition) is 4. The summed E-state index contributed by atoms with van der Waals surface area (Å²) < 4.78 is 5.74. The fraction of sp³-hybridized carbons (Fsp3) is 0.577. The smallest absolute Gasteiger partial charge is 0.257 e. The molecule has 0 radical (unpaired) electrons. The Morgan fingerprint density at radius 1 is 1.21 bits per heavy atom. The number of H-pyrrole nitrogens is 1. The quantitative estimate of drug-likeness (QED) is 0.566. The number of fused-ring (bicyclic) bond motifs is 1. The average Bonchev–Trinajstić information content (AvgIpc) is 3.25. The summed E-state index contributed by atoms with van der Waals surface area (Å²) in [7, 11) is -1.07. The van der Waals surface area contributed by atoms with Gasteiger partial charge in [0, 0.05) is 12.2 Å². The van der Waals surface area contributed by atoms with Gasteiger partial charge in [-0.05, 0) is 63.9 Å². The zero-order chi connectivity index (χ0) is 24.7. The van der Waals surface area contributed by atoms with Crippen molar-refractivity contribution in [2.24, 2.45) is 0 Å². The predicted molar refractivity (Wildman–Crippen MR) is 138 cm³/mol. The van der Waals surface area contributed by atoms with Crippen molar-refractivity contribution in [2.75, 3.05) is 30.7 Å². The van der Waals surface area contributed by atoms with Gasteiger partial charge >= 0.3 is 0 Å². The molecular weight excluding hydrogens is 448 g/mol. The number of aromatic nitrogens is 2. The number of aromatic amines is 1. The summed E-state index contributed by atoms with van der Waals surface area (Å²) in [6, 6.07) is 9.65. The Morgan fingerprint density at radius 2 is 1.88 bits per heavy atom. The Labute approximate surface area is 204 Å². The van der Waals surface area contributed by atoms with Crippen molar-refractivity contribution >= 4 is 27.7 Å². The molecule has 1 aliphatic heterocycles. The lowest BCUT2D eigenvalue weighted by atomic mass is 9.83. The highest BCUT2D eigenvalue weighted by Gasteiger charge is 2.51. The Kier molecular flexibility index (Phi) is 6.59. The summed E-state index contributed by atoms with van der Waals surface area (Å²) in [5.41, 5.74) is 1.99. The van der Waals surface area contributed by atoms with Gasteiger partial charge in [0.1, 0.15) is 0 Å². The molecule has 8 heteroatoms. The minimum Gasteiger partial charge on any atom is -0.364 e. The molecule has 7 nitrogen and oxygen atoms in total. The zero-order valence-electron chi connectivity index (χ0n) is 21.2. The van der Waals surface area contributed by atoms with Crippen LogP contribution in [0, 0.1) is 0 Å². The first-order chi connectivity index (χ1) is 16.0. The number of benzene rings is 1. The van der Waals surface area contributed by atoms with Gasteiger partial charge in [-0.25, -0.2) is 10.0 Å². The number of anilines is 1. The monoisotopic (exact) mass is 486 g/mol. The Morgan fingerprint density at radius 3 is 2.44 bits per heavy atom. The molecule has 34 heavy (non-hydrogen) atoms. The fourth-order valence-corrected chi connectivity index (χ4v) is 7.25. The van der Waals surface area contributed by atoms with Crippen molar-refractivity contribution in [1.82, 2.24) is 15.1 Å². The van der Waals surface area contributed by atoms with Crippen LogP contribution in [0.1, 0.15) is 69.4 Å². The molecule has 1 fully saturated rings. The number of rotatable bonds is 8. The van der Waals surface area contributed by atoms with Gasteiger partial charge in [0.2, 0.25) is 5.91 Å².